The Morgan fingerprint density at radius 2 is 2.05 bits per heavy atom. The number of ether oxygens (including phenoxy) is 1. The van der Waals surface area contributed by atoms with Gasteiger partial charge in [0.05, 0.1) is 17.3 Å². The van der Waals surface area contributed by atoms with Crippen molar-refractivity contribution in [2.24, 2.45) is 0 Å². The zero-order chi connectivity index (χ0) is 14.8. The summed E-state index contributed by atoms with van der Waals surface area (Å²) in [5, 5.41) is 12.2. The lowest BCUT2D eigenvalue weighted by Gasteiger charge is -2.25. The molecule has 20 heavy (non-hydrogen) atoms. The molecule has 1 saturated heterocycles. The van der Waals surface area contributed by atoms with Gasteiger partial charge in [0.15, 0.2) is 15.4 Å². The number of hydrogen-bond acceptors (Lipinski definition) is 5. The van der Waals surface area contributed by atoms with E-state index in [2.05, 4.69) is 5.32 Å². The van der Waals surface area contributed by atoms with Crippen LogP contribution in [0.25, 0.3) is 0 Å². The van der Waals surface area contributed by atoms with Crippen molar-refractivity contribution >= 4 is 21.5 Å². The molecule has 0 spiro atoms. The summed E-state index contributed by atoms with van der Waals surface area (Å²) in [6.45, 7) is 2.07. The van der Waals surface area contributed by atoms with Crippen LogP contribution in [0.1, 0.15) is 13.3 Å². The summed E-state index contributed by atoms with van der Waals surface area (Å²) in [4.78, 5) is 11.6. The van der Waals surface area contributed by atoms with Gasteiger partial charge in [-0.3, -0.25) is 0 Å². The Hall–Kier alpha value is -1.60. The zero-order valence-electron chi connectivity index (χ0n) is 11.1. The molecule has 110 valence electrons. The molecule has 2 N–H and O–H groups in total. The first-order valence-corrected chi connectivity index (χ1v) is 7.97. The number of carboxylic acid groups (broad SMARTS) is 1. The predicted octanol–water partition coefficient (Wildman–Crippen LogP) is 1.14. The summed E-state index contributed by atoms with van der Waals surface area (Å²) in [6.07, 6.45) is 0.372. The molecule has 6 nitrogen and oxygen atoms in total. The van der Waals surface area contributed by atoms with E-state index < -0.39 is 21.3 Å². The number of hydrogen-bond donors (Lipinski definition) is 2. The minimum Gasteiger partial charge on any atom is -0.479 e. The van der Waals surface area contributed by atoms with Gasteiger partial charge in [0, 0.05) is 18.7 Å². The fourth-order valence-electron chi connectivity index (χ4n) is 2.07. The van der Waals surface area contributed by atoms with Crippen molar-refractivity contribution in [2.75, 3.05) is 24.3 Å². The van der Waals surface area contributed by atoms with E-state index >= 15 is 0 Å². The normalized spacial score (nSPS) is 22.6. The van der Waals surface area contributed by atoms with Gasteiger partial charge in [-0.1, -0.05) is 6.92 Å². The average molecular weight is 299 g/mol. The summed E-state index contributed by atoms with van der Waals surface area (Å²) in [6, 6.07) is 6.11. The van der Waals surface area contributed by atoms with Gasteiger partial charge in [0.2, 0.25) is 0 Å². The Balaban J connectivity index is 2.21. The highest BCUT2D eigenvalue weighted by atomic mass is 32.2. The van der Waals surface area contributed by atoms with Crippen LogP contribution in [0.5, 0.6) is 0 Å². The first-order chi connectivity index (χ1) is 9.39. The standard InChI is InChI=1S/C13H17NO5S/c1-2-20(17,18)11-5-3-10(4-6-11)14-13(12(15)16)7-8-19-9-13/h3-6,14H,2,7-9H2,1H3,(H,15,16). The summed E-state index contributed by atoms with van der Waals surface area (Å²) >= 11 is 0. The predicted molar refractivity (Wildman–Crippen MR) is 73.6 cm³/mol. The number of aliphatic carboxylic acids is 1. The lowest BCUT2D eigenvalue weighted by atomic mass is 9.98. The van der Waals surface area contributed by atoms with Gasteiger partial charge in [-0.2, -0.15) is 0 Å². The molecule has 1 atom stereocenters. The highest BCUT2D eigenvalue weighted by molar-refractivity contribution is 7.91. The molecule has 0 saturated carbocycles. The van der Waals surface area contributed by atoms with Crippen molar-refractivity contribution in [3.8, 4) is 0 Å². The lowest BCUT2D eigenvalue weighted by molar-refractivity contribution is -0.142. The van der Waals surface area contributed by atoms with Crippen LogP contribution in [0.4, 0.5) is 5.69 Å². The molecule has 7 heteroatoms. The maximum Gasteiger partial charge on any atom is 0.331 e. The highest BCUT2D eigenvalue weighted by Gasteiger charge is 2.42. The monoisotopic (exact) mass is 299 g/mol. The molecule has 0 aliphatic carbocycles. The van der Waals surface area contributed by atoms with Gasteiger partial charge in [0.25, 0.3) is 0 Å². The molecular formula is C13H17NO5S. The maximum atomic E-state index is 11.7. The zero-order valence-corrected chi connectivity index (χ0v) is 11.9. The third kappa shape index (κ3) is 2.78. The van der Waals surface area contributed by atoms with Gasteiger partial charge in [-0.15, -0.1) is 0 Å². The molecule has 0 bridgehead atoms. The van der Waals surface area contributed by atoms with Crippen molar-refractivity contribution < 1.29 is 23.1 Å². The van der Waals surface area contributed by atoms with Crippen molar-refractivity contribution in [3.05, 3.63) is 24.3 Å². The quantitative estimate of drug-likeness (QED) is 0.847. The average Bonchev–Trinajstić information content (AvgIpc) is 2.89. The molecule has 1 aliphatic rings. The summed E-state index contributed by atoms with van der Waals surface area (Å²) in [5.41, 5.74) is -0.571. The van der Waals surface area contributed by atoms with Crippen molar-refractivity contribution in [2.45, 2.75) is 23.8 Å². The topological polar surface area (TPSA) is 92.7 Å². The van der Waals surface area contributed by atoms with Crippen LogP contribution >= 0.6 is 0 Å². The number of anilines is 1. The second-order valence-electron chi connectivity index (χ2n) is 4.74. The third-order valence-electron chi connectivity index (χ3n) is 3.41. The largest absolute Gasteiger partial charge is 0.479 e. The van der Waals surface area contributed by atoms with Crippen LogP contribution in [-0.2, 0) is 19.4 Å². The minimum atomic E-state index is -3.24. The van der Waals surface area contributed by atoms with Gasteiger partial charge < -0.3 is 15.2 Å². The number of benzene rings is 1. The fourth-order valence-corrected chi connectivity index (χ4v) is 2.96. The SMILES string of the molecule is CCS(=O)(=O)c1ccc(NC2(C(=O)O)CCOC2)cc1. The molecule has 1 fully saturated rings. The maximum absolute atomic E-state index is 11.7. The second-order valence-corrected chi connectivity index (χ2v) is 7.02. The van der Waals surface area contributed by atoms with Gasteiger partial charge >= 0.3 is 5.97 Å². The summed E-state index contributed by atoms with van der Waals surface area (Å²) < 4.78 is 28.5. The highest BCUT2D eigenvalue weighted by Crippen LogP contribution is 2.25. The van der Waals surface area contributed by atoms with E-state index in [-0.39, 0.29) is 17.3 Å². The molecule has 1 aliphatic heterocycles. The Morgan fingerprint density at radius 1 is 1.40 bits per heavy atom. The summed E-state index contributed by atoms with van der Waals surface area (Å²) in [7, 11) is -3.24. The van der Waals surface area contributed by atoms with Crippen LogP contribution in [0.3, 0.4) is 0 Å². The lowest BCUT2D eigenvalue weighted by Crippen LogP contribution is -2.47. The van der Waals surface area contributed by atoms with Crippen molar-refractivity contribution in [1.29, 1.82) is 0 Å². The Labute approximate surface area is 117 Å². The van der Waals surface area contributed by atoms with Crippen LogP contribution in [0, 0.1) is 0 Å². The number of carbonyl (C=O) groups is 1. The third-order valence-corrected chi connectivity index (χ3v) is 5.16. The number of rotatable bonds is 5. The first kappa shape index (κ1) is 14.8. The van der Waals surface area contributed by atoms with Gasteiger partial charge in [0.1, 0.15) is 0 Å². The van der Waals surface area contributed by atoms with E-state index in [4.69, 9.17) is 4.74 Å². The molecule has 1 unspecified atom stereocenters. The van der Waals surface area contributed by atoms with Crippen LogP contribution < -0.4 is 5.32 Å². The molecule has 0 radical (unpaired) electrons. The van der Waals surface area contributed by atoms with Crippen LogP contribution in [0.15, 0.2) is 29.2 Å². The van der Waals surface area contributed by atoms with Crippen LogP contribution in [-0.4, -0.2) is 44.0 Å². The number of nitrogens with one attached hydrogen (secondary N) is 1. The first-order valence-electron chi connectivity index (χ1n) is 6.32. The number of carboxylic acids is 1. The molecule has 0 aromatic heterocycles. The Bertz CT molecular complexity index is 588. The Kier molecular flexibility index (Phi) is 4.01. The van der Waals surface area contributed by atoms with E-state index in [1.165, 1.54) is 12.1 Å². The smallest absolute Gasteiger partial charge is 0.331 e. The van der Waals surface area contributed by atoms with Gasteiger partial charge in [-0.25, -0.2) is 13.2 Å². The van der Waals surface area contributed by atoms with E-state index in [0.29, 0.717) is 18.7 Å². The second kappa shape index (κ2) is 5.41. The molecule has 2 rings (SSSR count). The van der Waals surface area contributed by atoms with Gasteiger partial charge in [-0.05, 0) is 24.3 Å². The van der Waals surface area contributed by atoms with Crippen LogP contribution in [0.2, 0.25) is 0 Å². The van der Waals surface area contributed by atoms with E-state index in [1.54, 1.807) is 19.1 Å². The number of sulfone groups is 1. The molecular weight excluding hydrogens is 282 g/mol. The Morgan fingerprint density at radius 3 is 2.50 bits per heavy atom. The van der Waals surface area contributed by atoms with Crippen molar-refractivity contribution in [3.63, 3.8) is 0 Å². The van der Waals surface area contributed by atoms with E-state index in [0.717, 1.165) is 0 Å². The molecule has 1 heterocycles. The summed E-state index contributed by atoms with van der Waals surface area (Å²) in [5.74, 6) is -0.938. The van der Waals surface area contributed by atoms with E-state index in [9.17, 15) is 18.3 Å². The van der Waals surface area contributed by atoms with Crippen molar-refractivity contribution in [1.82, 2.24) is 0 Å². The fraction of sp³-hybridized carbons (Fsp3) is 0.462. The van der Waals surface area contributed by atoms with E-state index in [1.807, 2.05) is 0 Å². The molecule has 1 aromatic rings. The minimum absolute atomic E-state index is 0.0344. The molecule has 1 aromatic carbocycles. The molecule has 0 amide bonds.